The van der Waals surface area contributed by atoms with Crippen molar-refractivity contribution in [1.82, 2.24) is 10.7 Å². The molecule has 7 nitrogen and oxygen atoms in total. The van der Waals surface area contributed by atoms with E-state index >= 15 is 0 Å². The molecule has 0 atom stereocenters. The van der Waals surface area contributed by atoms with Gasteiger partial charge in [0.2, 0.25) is 5.91 Å². The molecule has 0 heterocycles. The third kappa shape index (κ3) is 7.41. The summed E-state index contributed by atoms with van der Waals surface area (Å²) in [5.41, 5.74) is 2.09. The minimum Gasteiger partial charge on any atom is -0.354 e. The molecule has 0 aromatic carbocycles. The summed E-state index contributed by atoms with van der Waals surface area (Å²) in [4.78, 5) is 10.6. The fourth-order valence-corrected chi connectivity index (χ4v) is 0.835. The Labute approximate surface area is 70.0 Å². The molecule has 0 rings (SSSR count). The number of carbonyl (C=O) groups is 1. The highest BCUT2D eigenvalue weighted by Gasteiger charge is 2.04. The molecule has 0 spiro atoms. The van der Waals surface area contributed by atoms with Crippen molar-refractivity contribution in [2.75, 3.05) is 18.8 Å². The maximum absolute atomic E-state index is 10.6. The van der Waals surface area contributed by atoms with Crippen LogP contribution in [0.2, 0.25) is 0 Å². The third-order valence-corrected chi connectivity index (χ3v) is 1.66. The average molecular weight is 197 g/mol. The van der Waals surface area contributed by atoms with Crippen molar-refractivity contribution in [3.63, 3.8) is 0 Å². The van der Waals surface area contributed by atoms with Crippen LogP contribution in [-0.4, -0.2) is 37.7 Å². The van der Waals surface area contributed by atoms with E-state index in [1.807, 2.05) is 0 Å². The molecule has 0 aliphatic carbocycles. The summed E-state index contributed by atoms with van der Waals surface area (Å²) < 4.78 is 28.5. The molecule has 12 heavy (non-hydrogen) atoms. The molecule has 8 heteroatoms. The number of rotatable bonds is 5. The van der Waals surface area contributed by atoms with Crippen LogP contribution in [0.1, 0.15) is 0 Å². The highest BCUT2D eigenvalue weighted by Crippen LogP contribution is 1.78. The second-order valence-electron chi connectivity index (χ2n) is 2.02. The van der Waals surface area contributed by atoms with E-state index in [4.69, 9.17) is 10.4 Å². The summed E-state index contributed by atoms with van der Waals surface area (Å²) >= 11 is 0. The Morgan fingerprint density at radius 2 is 2.08 bits per heavy atom. The average Bonchev–Trinajstić information content (AvgIpc) is 1.84. The molecule has 0 aliphatic rings. The van der Waals surface area contributed by atoms with Crippen LogP contribution in [-0.2, 0) is 14.9 Å². The van der Waals surface area contributed by atoms with Crippen LogP contribution in [0.25, 0.3) is 0 Å². The van der Waals surface area contributed by atoms with E-state index in [2.05, 4.69) is 10.7 Å². The second kappa shape index (κ2) is 5.04. The van der Waals surface area contributed by atoms with Gasteiger partial charge < -0.3 is 5.32 Å². The van der Waals surface area contributed by atoms with Crippen LogP contribution in [0.4, 0.5) is 0 Å². The van der Waals surface area contributed by atoms with E-state index in [-0.39, 0.29) is 13.1 Å². The SMILES string of the molecule is NNCC(=O)NCCS(=O)(=O)O. The van der Waals surface area contributed by atoms with Gasteiger partial charge in [0.05, 0.1) is 12.3 Å². The van der Waals surface area contributed by atoms with Crippen LogP contribution >= 0.6 is 0 Å². The maximum atomic E-state index is 10.6. The monoisotopic (exact) mass is 197 g/mol. The van der Waals surface area contributed by atoms with Gasteiger partial charge in [0, 0.05) is 6.54 Å². The van der Waals surface area contributed by atoms with Gasteiger partial charge in [0.15, 0.2) is 0 Å². The Hall–Kier alpha value is -0.700. The van der Waals surface area contributed by atoms with Crippen LogP contribution < -0.4 is 16.6 Å². The first-order chi connectivity index (χ1) is 5.45. The van der Waals surface area contributed by atoms with E-state index in [1.54, 1.807) is 0 Å². The van der Waals surface area contributed by atoms with E-state index < -0.39 is 21.8 Å². The predicted octanol–water partition coefficient (Wildman–Crippen LogP) is -2.55. The van der Waals surface area contributed by atoms with Crippen LogP contribution in [0.5, 0.6) is 0 Å². The molecular weight excluding hydrogens is 186 g/mol. The Morgan fingerprint density at radius 1 is 1.50 bits per heavy atom. The molecule has 0 aliphatic heterocycles. The van der Waals surface area contributed by atoms with Gasteiger partial charge in [-0.05, 0) is 0 Å². The molecule has 0 unspecified atom stereocenters. The van der Waals surface area contributed by atoms with E-state index in [0.29, 0.717) is 0 Å². The van der Waals surface area contributed by atoms with E-state index in [1.165, 1.54) is 0 Å². The van der Waals surface area contributed by atoms with E-state index in [9.17, 15) is 13.2 Å². The fourth-order valence-electron chi connectivity index (χ4n) is 0.475. The molecule has 0 saturated heterocycles. The molecule has 0 aromatic heterocycles. The summed E-state index contributed by atoms with van der Waals surface area (Å²) in [6.07, 6.45) is 0. The zero-order valence-corrected chi connectivity index (χ0v) is 7.10. The summed E-state index contributed by atoms with van der Waals surface area (Å²) in [6, 6.07) is 0. The van der Waals surface area contributed by atoms with Crippen molar-refractivity contribution in [2.24, 2.45) is 5.84 Å². The number of nitrogens with two attached hydrogens (primary N) is 1. The Kier molecular flexibility index (Phi) is 4.74. The first-order valence-corrected chi connectivity index (χ1v) is 4.72. The van der Waals surface area contributed by atoms with Crippen molar-refractivity contribution in [3.8, 4) is 0 Å². The summed E-state index contributed by atoms with van der Waals surface area (Å²) in [6.45, 7) is -0.217. The van der Waals surface area contributed by atoms with E-state index in [0.717, 1.165) is 0 Å². The zero-order chi connectivity index (χ0) is 9.61. The molecule has 0 radical (unpaired) electrons. The number of amides is 1. The molecule has 0 aromatic rings. The lowest BCUT2D eigenvalue weighted by Gasteiger charge is -2.01. The molecular formula is C4H11N3O4S. The maximum Gasteiger partial charge on any atom is 0.266 e. The van der Waals surface area contributed by atoms with Gasteiger partial charge >= 0.3 is 0 Å². The van der Waals surface area contributed by atoms with Gasteiger partial charge in [-0.3, -0.25) is 20.6 Å². The van der Waals surface area contributed by atoms with Crippen LogP contribution in [0.15, 0.2) is 0 Å². The molecule has 72 valence electrons. The molecule has 0 fully saturated rings. The van der Waals surface area contributed by atoms with Crippen molar-refractivity contribution >= 4 is 16.0 Å². The molecule has 0 bridgehead atoms. The zero-order valence-electron chi connectivity index (χ0n) is 6.28. The minimum absolute atomic E-state index is 0.0918. The smallest absolute Gasteiger partial charge is 0.266 e. The quantitative estimate of drug-likeness (QED) is 0.219. The largest absolute Gasteiger partial charge is 0.354 e. The minimum atomic E-state index is -4.00. The lowest BCUT2D eigenvalue weighted by molar-refractivity contribution is -0.120. The second-order valence-corrected chi connectivity index (χ2v) is 3.59. The van der Waals surface area contributed by atoms with Crippen LogP contribution in [0, 0.1) is 0 Å². The number of hydrogen-bond donors (Lipinski definition) is 4. The van der Waals surface area contributed by atoms with Gasteiger partial charge in [-0.25, -0.2) is 0 Å². The number of hydrogen-bond acceptors (Lipinski definition) is 5. The highest BCUT2D eigenvalue weighted by atomic mass is 32.2. The summed E-state index contributed by atoms with van der Waals surface area (Å²) in [7, 11) is -4.00. The van der Waals surface area contributed by atoms with Gasteiger partial charge in [0.1, 0.15) is 0 Å². The first-order valence-electron chi connectivity index (χ1n) is 3.11. The topological polar surface area (TPSA) is 122 Å². The van der Waals surface area contributed by atoms with Gasteiger partial charge in [-0.2, -0.15) is 8.42 Å². The van der Waals surface area contributed by atoms with Crippen molar-refractivity contribution in [3.05, 3.63) is 0 Å². The van der Waals surface area contributed by atoms with Gasteiger partial charge in [0.25, 0.3) is 10.1 Å². The highest BCUT2D eigenvalue weighted by molar-refractivity contribution is 7.85. The molecule has 5 N–H and O–H groups in total. The van der Waals surface area contributed by atoms with Gasteiger partial charge in [-0.1, -0.05) is 0 Å². The van der Waals surface area contributed by atoms with Crippen molar-refractivity contribution in [1.29, 1.82) is 0 Å². The lowest BCUT2D eigenvalue weighted by Crippen LogP contribution is -2.38. The predicted molar refractivity (Wildman–Crippen MR) is 41.6 cm³/mol. The van der Waals surface area contributed by atoms with Gasteiger partial charge in [-0.15, -0.1) is 0 Å². The number of nitrogens with one attached hydrogen (secondary N) is 2. The van der Waals surface area contributed by atoms with Crippen molar-refractivity contribution < 1.29 is 17.8 Å². The van der Waals surface area contributed by atoms with Crippen molar-refractivity contribution in [2.45, 2.75) is 0 Å². The fraction of sp³-hybridized carbons (Fsp3) is 0.750. The third-order valence-electron chi connectivity index (χ3n) is 0.945. The number of carbonyl (C=O) groups excluding carboxylic acids is 1. The normalized spacial score (nSPS) is 11.2. The Bertz CT molecular complexity index is 237. The first kappa shape index (κ1) is 11.3. The molecule has 1 amide bonds. The Balaban J connectivity index is 3.51. The standard InChI is InChI=1S/C4H11N3O4S/c5-7-3-4(8)6-1-2-12(9,10)11/h7H,1-3,5H2,(H,6,8)(H,9,10,11). The summed E-state index contributed by atoms with van der Waals surface area (Å²) in [5, 5.41) is 2.22. The summed E-state index contributed by atoms with van der Waals surface area (Å²) in [5.74, 6) is 3.88. The Morgan fingerprint density at radius 3 is 2.50 bits per heavy atom. The molecule has 0 saturated carbocycles. The lowest BCUT2D eigenvalue weighted by atomic mass is 10.6. The van der Waals surface area contributed by atoms with Crippen LogP contribution in [0.3, 0.4) is 0 Å². The number of hydrazine groups is 1.